The molecule has 1 aromatic heterocycles. The lowest BCUT2D eigenvalue weighted by atomic mass is 10.2. The van der Waals surface area contributed by atoms with Gasteiger partial charge in [0.1, 0.15) is 0 Å². The fourth-order valence-corrected chi connectivity index (χ4v) is 1.14. The standard InChI is InChI=1S/C10H14INO/c1-7(2)6-13-10-4-8(3)9(11)5-12-10/h4-5,7H,6H2,1-3H3. The fourth-order valence-electron chi connectivity index (χ4n) is 0.845. The predicted molar refractivity (Wildman–Crippen MR) is 62.0 cm³/mol. The molecule has 1 heterocycles. The Balaban J connectivity index is 2.63. The lowest BCUT2D eigenvalue weighted by Gasteiger charge is -2.08. The fraction of sp³-hybridized carbons (Fsp3) is 0.500. The summed E-state index contributed by atoms with van der Waals surface area (Å²) in [6.07, 6.45) is 1.84. The summed E-state index contributed by atoms with van der Waals surface area (Å²) in [5, 5.41) is 0. The summed E-state index contributed by atoms with van der Waals surface area (Å²) in [4.78, 5) is 4.18. The molecule has 13 heavy (non-hydrogen) atoms. The molecular weight excluding hydrogens is 277 g/mol. The van der Waals surface area contributed by atoms with Crippen LogP contribution in [0, 0.1) is 16.4 Å². The summed E-state index contributed by atoms with van der Waals surface area (Å²) in [6.45, 7) is 7.04. The second kappa shape index (κ2) is 4.79. The van der Waals surface area contributed by atoms with Gasteiger partial charge in [-0.1, -0.05) is 13.8 Å². The number of hydrogen-bond donors (Lipinski definition) is 0. The molecule has 2 nitrogen and oxygen atoms in total. The van der Waals surface area contributed by atoms with Crippen LogP contribution in [0.15, 0.2) is 12.3 Å². The average Bonchev–Trinajstić information content (AvgIpc) is 2.07. The maximum atomic E-state index is 5.49. The van der Waals surface area contributed by atoms with Crippen LogP contribution in [0.4, 0.5) is 0 Å². The topological polar surface area (TPSA) is 22.1 Å². The first-order chi connectivity index (χ1) is 6.09. The van der Waals surface area contributed by atoms with Crippen molar-refractivity contribution in [3.8, 4) is 5.88 Å². The molecule has 0 saturated carbocycles. The number of ether oxygens (including phenoxy) is 1. The zero-order valence-electron chi connectivity index (χ0n) is 8.17. The quantitative estimate of drug-likeness (QED) is 0.799. The molecule has 0 aromatic carbocycles. The summed E-state index contributed by atoms with van der Waals surface area (Å²) < 4.78 is 6.66. The van der Waals surface area contributed by atoms with E-state index in [4.69, 9.17) is 4.74 Å². The van der Waals surface area contributed by atoms with Crippen molar-refractivity contribution in [3.63, 3.8) is 0 Å². The second-order valence-corrected chi connectivity index (χ2v) is 4.64. The Bertz CT molecular complexity index is 286. The minimum Gasteiger partial charge on any atom is -0.477 e. The zero-order chi connectivity index (χ0) is 9.84. The van der Waals surface area contributed by atoms with Crippen molar-refractivity contribution in [1.29, 1.82) is 0 Å². The average molecular weight is 291 g/mol. The van der Waals surface area contributed by atoms with Gasteiger partial charge in [-0.25, -0.2) is 4.98 Å². The monoisotopic (exact) mass is 291 g/mol. The minimum absolute atomic E-state index is 0.543. The molecule has 3 heteroatoms. The van der Waals surface area contributed by atoms with Gasteiger partial charge in [0.25, 0.3) is 0 Å². The Morgan fingerprint density at radius 3 is 2.77 bits per heavy atom. The lowest BCUT2D eigenvalue weighted by Crippen LogP contribution is -2.05. The molecule has 0 fully saturated rings. The van der Waals surface area contributed by atoms with Crippen molar-refractivity contribution in [2.45, 2.75) is 20.8 Å². The lowest BCUT2D eigenvalue weighted by molar-refractivity contribution is 0.261. The van der Waals surface area contributed by atoms with Crippen molar-refractivity contribution >= 4 is 22.6 Å². The molecule has 0 unspecified atom stereocenters. The van der Waals surface area contributed by atoms with Gasteiger partial charge in [-0.3, -0.25) is 0 Å². The smallest absolute Gasteiger partial charge is 0.213 e. The van der Waals surface area contributed by atoms with Crippen molar-refractivity contribution in [2.75, 3.05) is 6.61 Å². The van der Waals surface area contributed by atoms with E-state index >= 15 is 0 Å². The van der Waals surface area contributed by atoms with E-state index in [1.165, 1.54) is 9.13 Å². The minimum atomic E-state index is 0.543. The molecule has 0 amide bonds. The summed E-state index contributed by atoms with van der Waals surface area (Å²) >= 11 is 2.26. The van der Waals surface area contributed by atoms with Crippen LogP contribution < -0.4 is 4.74 Å². The van der Waals surface area contributed by atoms with Crippen LogP contribution >= 0.6 is 22.6 Å². The number of halogens is 1. The molecule has 0 saturated heterocycles. The van der Waals surface area contributed by atoms with E-state index in [1.807, 2.05) is 12.3 Å². The number of aromatic nitrogens is 1. The van der Waals surface area contributed by atoms with Crippen LogP contribution in [-0.4, -0.2) is 11.6 Å². The Labute approximate surface area is 92.9 Å². The van der Waals surface area contributed by atoms with Gasteiger partial charge in [0.2, 0.25) is 5.88 Å². The molecule has 0 N–H and O–H groups in total. The highest BCUT2D eigenvalue weighted by atomic mass is 127. The summed E-state index contributed by atoms with van der Waals surface area (Å²) in [7, 11) is 0. The van der Waals surface area contributed by atoms with Gasteiger partial charge in [0, 0.05) is 15.8 Å². The van der Waals surface area contributed by atoms with Crippen molar-refractivity contribution in [1.82, 2.24) is 4.98 Å². The number of hydrogen-bond acceptors (Lipinski definition) is 2. The molecule has 0 spiro atoms. The first kappa shape index (κ1) is 10.8. The van der Waals surface area contributed by atoms with Gasteiger partial charge in [0.05, 0.1) is 6.61 Å². The highest BCUT2D eigenvalue weighted by Gasteiger charge is 2.00. The van der Waals surface area contributed by atoms with Crippen molar-refractivity contribution in [3.05, 3.63) is 21.4 Å². The van der Waals surface area contributed by atoms with Crippen molar-refractivity contribution < 1.29 is 4.74 Å². The van der Waals surface area contributed by atoms with Gasteiger partial charge in [-0.2, -0.15) is 0 Å². The highest BCUT2D eigenvalue weighted by molar-refractivity contribution is 14.1. The van der Waals surface area contributed by atoms with Crippen LogP contribution in [0.25, 0.3) is 0 Å². The van der Waals surface area contributed by atoms with Gasteiger partial charge in [0.15, 0.2) is 0 Å². The maximum Gasteiger partial charge on any atom is 0.213 e. The normalized spacial score (nSPS) is 10.5. The van der Waals surface area contributed by atoms with E-state index in [0.29, 0.717) is 5.92 Å². The van der Waals surface area contributed by atoms with Gasteiger partial charge >= 0.3 is 0 Å². The Kier molecular flexibility index (Phi) is 3.96. The maximum absolute atomic E-state index is 5.49. The number of nitrogens with zero attached hydrogens (tertiary/aromatic N) is 1. The second-order valence-electron chi connectivity index (χ2n) is 3.48. The Morgan fingerprint density at radius 2 is 2.23 bits per heavy atom. The molecule has 1 aromatic rings. The predicted octanol–water partition coefficient (Wildman–Crippen LogP) is 3.03. The van der Waals surface area contributed by atoms with Gasteiger partial charge in [-0.15, -0.1) is 0 Å². The molecule has 0 bridgehead atoms. The van der Waals surface area contributed by atoms with E-state index in [1.54, 1.807) is 0 Å². The zero-order valence-corrected chi connectivity index (χ0v) is 10.3. The molecule has 0 aliphatic heterocycles. The van der Waals surface area contributed by atoms with Crippen LogP contribution in [0.1, 0.15) is 19.4 Å². The SMILES string of the molecule is Cc1cc(OCC(C)C)ncc1I. The molecule has 72 valence electrons. The first-order valence-corrected chi connectivity index (χ1v) is 5.42. The first-order valence-electron chi connectivity index (χ1n) is 4.34. The third-order valence-electron chi connectivity index (χ3n) is 1.59. The third kappa shape index (κ3) is 3.50. The Hall–Kier alpha value is -0.320. The molecule has 0 aliphatic rings. The molecule has 0 aliphatic carbocycles. The third-order valence-corrected chi connectivity index (χ3v) is 2.72. The van der Waals surface area contributed by atoms with Gasteiger partial charge < -0.3 is 4.74 Å². The number of pyridine rings is 1. The van der Waals surface area contributed by atoms with Crippen LogP contribution in [0.2, 0.25) is 0 Å². The van der Waals surface area contributed by atoms with E-state index in [2.05, 4.69) is 48.3 Å². The van der Waals surface area contributed by atoms with Crippen molar-refractivity contribution in [2.24, 2.45) is 5.92 Å². The Morgan fingerprint density at radius 1 is 1.54 bits per heavy atom. The largest absolute Gasteiger partial charge is 0.477 e. The van der Waals surface area contributed by atoms with Gasteiger partial charge in [-0.05, 0) is 41.0 Å². The number of aryl methyl sites for hydroxylation is 1. The van der Waals surface area contributed by atoms with E-state index in [-0.39, 0.29) is 0 Å². The summed E-state index contributed by atoms with van der Waals surface area (Å²) in [6, 6.07) is 1.98. The highest BCUT2D eigenvalue weighted by Crippen LogP contribution is 2.15. The molecular formula is C10H14INO. The molecule has 0 atom stereocenters. The number of rotatable bonds is 3. The van der Waals surface area contributed by atoms with E-state index < -0.39 is 0 Å². The van der Waals surface area contributed by atoms with Crippen LogP contribution in [0.3, 0.4) is 0 Å². The molecule has 1 rings (SSSR count). The molecule has 0 radical (unpaired) electrons. The van der Waals surface area contributed by atoms with Crippen LogP contribution in [0.5, 0.6) is 5.88 Å². The van der Waals surface area contributed by atoms with Crippen LogP contribution in [-0.2, 0) is 0 Å². The summed E-state index contributed by atoms with van der Waals surface area (Å²) in [5.74, 6) is 1.27. The summed E-state index contributed by atoms with van der Waals surface area (Å²) in [5.41, 5.74) is 1.22. The van der Waals surface area contributed by atoms with E-state index in [9.17, 15) is 0 Å². The van der Waals surface area contributed by atoms with E-state index in [0.717, 1.165) is 12.5 Å².